The largest absolute Gasteiger partial charge is 0.348 e. The molecule has 0 saturated carbocycles. The highest BCUT2D eigenvalue weighted by molar-refractivity contribution is 6.42. The summed E-state index contributed by atoms with van der Waals surface area (Å²) in [4.78, 5) is 21.8. The number of non-ortho nitro benzene ring substituents is 1. The molecule has 0 aliphatic rings. The fourth-order valence-electron chi connectivity index (χ4n) is 1.78. The quantitative estimate of drug-likeness (QED) is 0.498. The molecule has 0 aliphatic heterocycles. The van der Waals surface area contributed by atoms with Gasteiger partial charge in [-0.05, 0) is 41.5 Å². The Morgan fingerprint density at radius 3 is 2.43 bits per heavy atom. The molecule has 0 saturated heterocycles. The van der Waals surface area contributed by atoms with Gasteiger partial charge in [-0.3, -0.25) is 14.9 Å². The summed E-state index contributed by atoms with van der Waals surface area (Å²) in [6.07, 6.45) is 2.94. The average molecular weight is 351 g/mol. The summed E-state index contributed by atoms with van der Waals surface area (Å²) in [5.74, 6) is -0.283. The Labute approximate surface area is 142 Å². The van der Waals surface area contributed by atoms with E-state index in [1.54, 1.807) is 36.4 Å². The van der Waals surface area contributed by atoms with Gasteiger partial charge < -0.3 is 5.32 Å². The minimum absolute atomic E-state index is 0.00576. The van der Waals surface area contributed by atoms with Crippen LogP contribution in [0.25, 0.3) is 6.08 Å². The van der Waals surface area contributed by atoms with E-state index in [2.05, 4.69) is 5.32 Å². The highest BCUT2D eigenvalue weighted by atomic mass is 35.5. The van der Waals surface area contributed by atoms with Crippen molar-refractivity contribution in [2.24, 2.45) is 0 Å². The summed E-state index contributed by atoms with van der Waals surface area (Å²) in [5, 5.41) is 14.1. The van der Waals surface area contributed by atoms with Gasteiger partial charge in [0.25, 0.3) is 5.69 Å². The van der Waals surface area contributed by atoms with Crippen molar-refractivity contribution in [1.29, 1.82) is 0 Å². The molecule has 0 aromatic heterocycles. The van der Waals surface area contributed by atoms with E-state index >= 15 is 0 Å². The van der Waals surface area contributed by atoms with Crippen LogP contribution in [0.3, 0.4) is 0 Å². The van der Waals surface area contributed by atoms with Gasteiger partial charge in [-0.25, -0.2) is 0 Å². The van der Waals surface area contributed by atoms with Crippen molar-refractivity contribution in [3.05, 3.63) is 79.8 Å². The summed E-state index contributed by atoms with van der Waals surface area (Å²) >= 11 is 11.7. The molecule has 1 amide bonds. The Morgan fingerprint density at radius 1 is 1.13 bits per heavy atom. The molecule has 1 N–H and O–H groups in total. The Kier molecular flexibility index (Phi) is 5.73. The Morgan fingerprint density at radius 2 is 1.83 bits per heavy atom. The summed E-state index contributed by atoms with van der Waals surface area (Å²) in [6.45, 7) is 0.320. The maximum Gasteiger partial charge on any atom is 0.269 e. The number of amides is 1. The van der Waals surface area contributed by atoms with Gasteiger partial charge in [-0.15, -0.1) is 0 Å². The van der Waals surface area contributed by atoms with Crippen LogP contribution in [-0.4, -0.2) is 10.8 Å². The molecule has 0 spiro atoms. The summed E-state index contributed by atoms with van der Waals surface area (Å²) in [5.41, 5.74) is 1.53. The highest BCUT2D eigenvalue weighted by Gasteiger charge is 2.03. The number of nitrogens with one attached hydrogen (secondary N) is 1. The lowest BCUT2D eigenvalue weighted by Gasteiger charge is -2.04. The lowest BCUT2D eigenvalue weighted by atomic mass is 10.2. The number of carbonyl (C=O) groups is 1. The van der Waals surface area contributed by atoms with Gasteiger partial charge >= 0.3 is 0 Å². The van der Waals surface area contributed by atoms with E-state index in [-0.39, 0.29) is 11.6 Å². The van der Waals surface area contributed by atoms with Crippen molar-refractivity contribution in [3.8, 4) is 0 Å². The molecule has 0 heterocycles. The lowest BCUT2D eigenvalue weighted by molar-refractivity contribution is -0.384. The molecule has 7 heteroatoms. The number of nitro groups is 1. The molecule has 2 rings (SSSR count). The molecule has 118 valence electrons. The van der Waals surface area contributed by atoms with Crippen molar-refractivity contribution in [1.82, 2.24) is 5.32 Å². The molecule has 2 aromatic carbocycles. The molecule has 0 unspecified atom stereocenters. The maximum absolute atomic E-state index is 11.8. The number of carbonyl (C=O) groups excluding carboxylic acids is 1. The number of hydrogen-bond donors (Lipinski definition) is 1. The molecular formula is C16H12Cl2N2O3. The average Bonchev–Trinajstić information content (AvgIpc) is 2.54. The molecular weight excluding hydrogens is 339 g/mol. The molecule has 0 aliphatic carbocycles. The first-order valence-corrected chi connectivity index (χ1v) is 7.35. The standard InChI is InChI=1S/C16H12Cl2N2O3/c17-14-7-3-12(9-15(14)18)10-19-16(21)8-4-11-1-5-13(6-2-11)20(22)23/h1-9H,10H2,(H,19,21). The predicted octanol–water partition coefficient (Wildman–Crippen LogP) is 4.23. The number of nitro benzene ring substituents is 1. The van der Waals surface area contributed by atoms with E-state index in [9.17, 15) is 14.9 Å². The topological polar surface area (TPSA) is 72.2 Å². The van der Waals surface area contributed by atoms with Crippen molar-refractivity contribution in [2.45, 2.75) is 6.54 Å². The third-order valence-corrected chi connectivity index (χ3v) is 3.72. The summed E-state index contributed by atoms with van der Waals surface area (Å²) in [7, 11) is 0. The molecule has 23 heavy (non-hydrogen) atoms. The minimum atomic E-state index is -0.475. The third kappa shape index (κ3) is 5.09. The third-order valence-electron chi connectivity index (χ3n) is 2.98. The Hall–Kier alpha value is -2.37. The van der Waals surface area contributed by atoms with Gasteiger partial charge in [-0.1, -0.05) is 29.3 Å². The first-order chi connectivity index (χ1) is 11.0. The summed E-state index contributed by atoms with van der Waals surface area (Å²) in [6, 6.07) is 11.0. The second kappa shape index (κ2) is 7.76. The molecule has 5 nitrogen and oxygen atoms in total. The van der Waals surface area contributed by atoms with Crippen LogP contribution in [0.2, 0.25) is 10.0 Å². The van der Waals surface area contributed by atoms with Crippen LogP contribution in [0.4, 0.5) is 5.69 Å². The van der Waals surface area contributed by atoms with Crippen molar-refractivity contribution in [3.63, 3.8) is 0 Å². The normalized spacial score (nSPS) is 10.7. The SMILES string of the molecule is O=C(C=Cc1ccc([N+](=O)[O-])cc1)NCc1ccc(Cl)c(Cl)c1. The van der Waals surface area contributed by atoms with Crippen LogP contribution in [0, 0.1) is 10.1 Å². The van der Waals surface area contributed by atoms with E-state index < -0.39 is 4.92 Å². The van der Waals surface area contributed by atoms with Gasteiger partial charge in [0.2, 0.25) is 5.91 Å². The van der Waals surface area contributed by atoms with Gasteiger partial charge in [-0.2, -0.15) is 0 Å². The van der Waals surface area contributed by atoms with Crippen LogP contribution in [-0.2, 0) is 11.3 Å². The molecule has 0 atom stereocenters. The van der Waals surface area contributed by atoms with Crippen LogP contribution in [0.5, 0.6) is 0 Å². The van der Waals surface area contributed by atoms with Gasteiger partial charge in [0.15, 0.2) is 0 Å². The number of hydrogen-bond acceptors (Lipinski definition) is 3. The zero-order valence-electron chi connectivity index (χ0n) is 11.8. The van der Waals surface area contributed by atoms with Crippen LogP contribution >= 0.6 is 23.2 Å². The zero-order chi connectivity index (χ0) is 16.8. The van der Waals surface area contributed by atoms with Crippen LogP contribution in [0.15, 0.2) is 48.5 Å². The fourth-order valence-corrected chi connectivity index (χ4v) is 2.10. The Balaban J connectivity index is 1.90. The first kappa shape index (κ1) is 17.0. The first-order valence-electron chi connectivity index (χ1n) is 6.60. The van der Waals surface area contributed by atoms with Gasteiger partial charge in [0.05, 0.1) is 15.0 Å². The number of nitrogens with zero attached hydrogens (tertiary/aromatic N) is 1. The maximum atomic E-state index is 11.8. The van der Waals surface area contributed by atoms with Gasteiger partial charge in [0, 0.05) is 24.8 Å². The van der Waals surface area contributed by atoms with Crippen LogP contribution < -0.4 is 5.32 Å². The van der Waals surface area contributed by atoms with Crippen molar-refractivity contribution >= 4 is 40.9 Å². The van der Waals surface area contributed by atoms with Crippen molar-refractivity contribution < 1.29 is 9.72 Å². The molecule has 2 aromatic rings. The van der Waals surface area contributed by atoms with E-state index in [1.807, 2.05) is 0 Å². The number of rotatable bonds is 5. The molecule has 0 radical (unpaired) electrons. The number of benzene rings is 2. The zero-order valence-corrected chi connectivity index (χ0v) is 13.3. The monoisotopic (exact) mass is 350 g/mol. The summed E-state index contributed by atoms with van der Waals surface area (Å²) < 4.78 is 0. The smallest absolute Gasteiger partial charge is 0.269 e. The predicted molar refractivity (Wildman–Crippen MR) is 90.4 cm³/mol. The van der Waals surface area contributed by atoms with E-state index in [4.69, 9.17) is 23.2 Å². The minimum Gasteiger partial charge on any atom is -0.348 e. The van der Waals surface area contributed by atoms with E-state index in [0.29, 0.717) is 22.2 Å². The lowest BCUT2D eigenvalue weighted by Crippen LogP contribution is -2.20. The van der Waals surface area contributed by atoms with Crippen LogP contribution in [0.1, 0.15) is 11.1 Å². The highest BCUT2D eigenvalue weighted by Crippen LogP contribution is 2.22. The van der Waals surface area contributed by atoms with E-state index in [0.717, 1.165) is 5.56 Å². The number of halogens is 2. The van der Waals surface area contributed by atoms with Crippen molar-refractivity contribution in [2.75, 3.05) is 0 Å². The second-order valence-corrected chi connectivity index (χ2v) is 5.46. The fraction of sp³-hybridized carbons (Fsp3) is 0.0625. The second-order valence-electron chi connectivity index (χ2n) is 4.65. The Bertz CT molecular complexity index is 758. The molecule has 0 bridgehead atoms. The molecule has 0 fully saturated rings. The van der Waals surface area contributed by atoms with E-state index in [1.165, 1.54) is 18.2 Å². The van der Waals surface area contributed by atoms with Gasteiger partial charge in [0.1, 0.15) is 0 Å².